The number of H-pyrrole nitrogens is 1. The number of aromatic nitrogens is 2. The molecule has 0 aliphatic rings. The molecule has 4 rings (SSSR count). The Hall–Kier alpha value is -3.01. The molecule has 22 heavy (non-hydrogen) atoms. The zero-order valence-corrected chi connectivity index (χ0v) is 12.1. The van der Waals surface area contributed by atoms with Crippen LogP contribution in [0.15, 0.2) is 60.9 Å². The van der Waals surface area contributed by atoms with E-state index in [-0.39, 0.29) is 11.5 Å². The van der Waals surface area contributed by atoms with Gasteiger partial charge in [-0.05, 0) is 30.7 Å². The molecule has 2 heterocycles. The zero-order chi connectivity index (χ0) is 15.5. The smallest absolute Gasteiger partial charge is 0.159 e. The Labute approximate surface area is 127 Å². The molecule has 0 amide bonds. The van der Waals surface area contributed by atoms with E-state index in [2.05, 4.69) is 22.1 Å². The molecule has 0 bridgehead atoms. The average Bonchev–Trinajstić information content (AvgIpc) is 2.89. The van der Waals surface area contributed by atoms with Gasteiger partial charge in [0.2, 0.25) is 0 Å². The van der Waals surface area contributed by atoms with E-state index >= 15 is 0 Å². The van der Waals surface area contributed by atoms with Crippen LogP contribution in [0.5, 0.6) is 11.5 Å². The van der Waals surface area contributed by atoms with Crippen LogP contribution in [0.3, 0.4) is 0 Å². The Kier molecular flexibility index (Phi) is 3.66. The lowest BCUT2D eigenvalue weighted by atomic mass is 10.2. The number of nitrogens with zero attached hydrogens (tertiary/aromatic N) is 1. The summed E-state index contributed by atoms with van der Waals surface area (Å²) >= 11 is 0. The fourth-order valence-corrected chi connectivity index (χ4v) is 2.30. The number of phenolic OH excluding ortho intramolecular Hbond substituents is 2. The van der Waals surface area contributed by atoms with E-state index < -0.39 is 0 Å². The Morgan fingerprint density at radius 2 is 1.68 bits per heavy atom. The first-order valence-electron chi connectivity index (χ1n) is 6.94. The molecule has 2 aromatic heterocycles. The maximum absolute atomic E-state index is 9.20. The van der Waals surface area contributed by atoms with Crippen molar-refractivity contribution in [2.24, 2.45) is 0 Å². The lowest BCUT2D eigenvalue weighted by Crippen LogP contribution is -1.73. The summed E-state index contributed by atoms with van der Waals surface area (Å²) in [4.78, 5) is 7.17. The molecule has 4 heteroatoms. The second kappa shape index (κ2) is 5.77. The molecule has 0 atom stereocenters. The van der Waals surface area contributed by atoms with Crippen molar-refractivity contribution in [2.45, 2.75) is 6.92 Å². The van der Waals surface area contributed by atoms with E-state index in [0.29, 0.717) is 0 Å². The van der Waals surface area contributed by atoms with Crippen LogP contribution in [0.25, 0.3) is 21.8 Å². The van der Waals surface area contributed by atoms with Crippen LogP contribution in [0, 0.1) is 6.92 Å². The summed E-state index contributed by atoms with van der Waals surface area (Å²) in [6.07, 6.45) is 3.64. The van der Waals surface area contributed by atoms with Gasteiger partial charge in [0.25, 0.3) is 0 Å². The quantitative estimate of drug-likeness (QED) is 0.427. The summed E-state index contributed by atoms with van der Waals surface area (Å²) in [5, 5.41) is 20.5. The molecule has 0 radical (unpaired) electrons. The number of aromatic amines is 1. The number of nitrogens with one attached hydrogen (secondary N) is 1. The molecule has 4 nitrogen and oxygen atoms in total. The molecule has 0 saturated carbocycles. The zero-order valence-electron chi connectivity index (χ0n) is 12.1. The van der Waals surface area contributed by atoms with Crippen molar-refractivity contribution < 1.29 is 10.2 Å². The first kappa shape index (κ1) is 13.9. The van der Waals surface area contributed by atoms with Gasteiger partial charge in [0.1, 0.15) is 0 Å². The van der Waals surface area contributed by atoms with Gasteiger partial charge in [0, 0.05) is 34.7 Å². The van der Waals surface area contributed by atoms with Gasteiger partial charge in [-0.15, -0.1) is 0 Å². The highest BCUT2D eigenvalue weighted by Gasteiger charge is 2.04. The minimum atomic E-state index is -0.0932. The molecule has 110 valence electrons. The highest BCUT2D eigenvalue weighted by atomic mass is 16.3. The third kappa shape index (κ3) is 2.72. The minimum Gasteiger partial charge on any atom is -0.504 e. The predicted octanol–water partition coefficient (Wildman–Crippen LogP) is 4.12. The second-order valence-electron chi connectivity index (χ2n) is 5.05. The van der Waals surface area contributed by atoms with Crippen LogP contribution in [-0.2, 0) is 0 Å². The van der Waals surface area contributed by atoms with Gasteiger partial charge in [-0.3, -0.25) is 4.98 Å². The fourth-order valence-electron chi connectivity index (χ4n) is 2.30. The largest absolute Gasteiger partial charge is 0.504 e. The topological polar surface area (TPSA) is 69.1 Å². The molecule has 0 spiro atoms. The maximum Gasteiger partial charge on any atom is 0.159 e. The molecule has 0 unspecified atom stereocenters. The number of rotatable bonds is 0. The third-order valence-electron chi connectivity index (χ3n) is 3.50. The van der Waals surface area contributed by atoms with Gasteiger partial charge in [-0.1, -0.05) is 24.3 Å². The lowest BCUT2D eigenvalue weighted by molar-refractivity contribution is 0.405. The lowest BCUT2D eigenvalue weighted by Gasteiger charge is -1.97. The van der Waals surface area contributed by atoms with Crippen LogP contribution in [-0.4, -0.2) is 20.2 Å². The maximum atomic E-state index is 9.20. The van der Waals surface area contributed by atoms with Crippen molar-refractivity contribution in [1.29, 1.82) is 0 Å². The number of phenols is 2. The molecule has 0 saturated heterocycles. The number of fused-ring (bicyclic) bond motifs is 2. The van der Waals surface area contributed by atoms with Crippen molar-refractivity contribution in [3.05, 3.63) is 66.5 Å². The van der Waals surface area contributed by atoms with Crippen molar-refractivity contribution >= 4 is 21.8 Å². The van der Waals surface area contributed by atoms with Crippen molar-refractivity contribution in [3.63, 3.8) is 0 Å². The van der Waals surface area contributed by atoms with Crippen molar-refractivity contribution in [1.82, 2.24) is 9.97 Å². The van der Waals surface area contributed by atoms with E-state index in [4.69, 9.17) is 5.11 Å². The second-order valence-corrected chi connectivity index (χ2v) is 5.05. The van der Waals surface area contributed by atoms with Gasteiger partial charge < -0.3 is 15.2 Å². The monoisotopic (exact) mass is 292 g/mol. The molecular weight excluding hydrogens is 276 g/mol. The summed E-state index contributed by atoms with van der Waals surface area (Å²) in [5.74, 6) is -0.172. The van der Waals surface area contributed by atoms with E-state index in [0.717, 1.165) is 22.0 Å². The normalized spacial score (nSPS) is 10.4. The van der Waals surface area contributed by atoms with E-state index in [1.807, 2.05) is 43.6 Å². The van der Waals surface area contributed by atoms with Gasteiger partial charge in [-0.25, -0.2) is 0 Å². The average molecular weight is 292 g/mol. The van der Waals surface area contributed by atoms with Crippen LogP contribution in [0.4, 0.5) is 0 Å². The Morgan fingerprint density at radius 1 is 0.955 bits per heavy atom. The highest BCUT2D eigenvalue weighted by molar-refractivity contribution is 5.86. The number of hydrogen-bond donors (Lipinski definition) is 3. The fraction of sp³-hybridized carbons (Fsp3) is 0.0556. The highest BCUT2D eigenvalue weighted by Crippen LogP contribution is 2.30. The van der Waals surface area contributed by atoms with Crippen LogP contribution in [0.2, 0.25) is 0 Å². The Bertz CT molecular complexity index is 863. The standard InChI is InChI=1S/C9H9NO2.C9H7N/c1-5-4-10-7-3-9(12)8(11)2-6(5)7;1-2-6-9-8(4-1)5-3-7-10-9/h2-4,10-12H,1H3;1-7H. The molecule has 0 aliphatic heterocycles. The van der Waals surface area contributed by atoms with Crippen LogP contribution >= 0.6 is 0 Å². The van der Waals surface area contributed by atoms with Crippen LogP contribution in [0.1, 0.15) is 5.56 Å². The predicted molar refractivity (Wildman–Crippen MR) is 88.1 cm³/mol. The molecule has 0 aliphatic carbocycles. The summed E-state index contributed by atoms with van der Waals surface area (Å²) < 4.78 is 0. The Balaban J connectivity index is 0.000000133. The Morgan fingerprint density at radius 3 is 2.50 bits per heavy atom. The summed E-state index contributed by atoms with van der Waals surface area (Å²) in [6.45, 7) is 1.94. The van der Waals surface area contributed by atoms with E-state index in [1.54, 1.807) is 6.07 Å². The molecule has 2 aromatic carbocycles. The number of hydrogen-bond acceptors (Lipinski definition) is 3. The third-order valence-corrected chi connectivity index (χ3v) is 3.50. The van der Waals surface area contributed by atoms with E-state index in [1.165, 1.54) is 11.5 Å². The van der Waals surface area contributed by atoms with Crippen molar-refractivity contribution in [3.8, 4) is 11.5 Å². The number of aryl methyl sites for hydroxylation is 1. The number of benzene rings is 2. The molecule has 4 aromatic rings. The minimum absolute atomic E-state index is 0.0785. The van der Waals surface area contributed by atoms with E-state index in [9.17, 15) is 5.11 Å². The SMILES string of the molecule is Cc1c[nH]c2cc(O)c(O)cc12.c1ccc2ncccc2c1. The first-order chi connectivity index (χ1) is 10.6. The number of aromatic hydroxyl groups is 2. The number of para-hydroxylation sites is 1. The van der Waals surface area contributed by atoms with Gasteiger partial charge >= 0.3 is 0 Å². The van der Waals surface area contributed by atoms with Crippen LogP contribution < -0.4 is 0 Å². The van der Waals surface area contributed by atoms with Crippen molar-refractivity contribution in [2.75, 3.05) is 0 Å². The first-order valence-corrected chi connectivity index (χ1v) is 6.94. The molecular formula is C18H16N2O2. The summed E-state index contributed by atoms with van der Waals surface area (Å²) in [7, 11) is 0. The molecule has 0 fully saturated rings. The van der Waals surface area contributed by atoms with Gasteiger partial charge in [0.15, 0.2) is 11.5 Å². The molecule has 3 N–H and O–H groups in total. The summed E-state index contributed by atoms with van der Waals surface area (Å²) in [5.41, 5.74) is 2.95. The summed E-state index contributed by atoms with van der Waals surface area (Å²) in [6, 6.07) is 15.1. The van der Waals surface area contributed by atoms with Gasteiger partial charge in [0.05, 0.1) is 5.52 Å². The van der Waals surface area contributed by atoms with Gasteiger partial charge in [-0.2, -0.15) is 0 Å². The number of pyridine rings is 1.